The van der Waals surface area contributed by atoms with E-state index in [1.165, 1.54) is 0 Å². The minimum absolute atomic E-state index is 0.722. The molecule has 2 aromatic heterocycles. The van der Waals surface area contributed by atoms with E-state index in [0.29, 0.717) is 0 Å². The Hall–Kier alpha value is -1.84. The topological polar surface area (TPSA) is 39.9 Å². The Morgan fingerprint density at radius 3 is 2.17 bits per heavy atom. The average Bonchev–Trinajstić information content (AvgIpc) is 2.87. The van der Waals surface area contributed by atoms with E-state index >= 15 is 0 Å². The summed E-state index contributed by atoms with van der Waals surface area (Å²) in [6.45, 7) is 7.92. The summed E-state index contributed by atoms with van der Waals surface area (Å²) in [6, 6.07) is 5.86. The Kier molecular flexibility index (Phi) is 8.27. The van der Waals surface area contributed by atoms with Crippen LogP contribution in [0.25, 0.3) is 0 Å². The fraction of sp³-hybridized carbons (Fsp3) is 0.429. The molecule has 0 aromatic carbocycles. The van der Waals surface area contributed by atoms with Gasteiger partial charge in [-0.3, -0.25) is 4.68 Å². The maximum absolute atomic E-state index is 5.01. The maximum atomic E-state index is 5.01. The van der Waals surface area contributed by atoms with Gasteiger partial charge in [0.05, 0.1) is 7.11 Å². The molecule has 0 radical (unpaired) electrons. The molecular formula is C14H23N3O. The molecule has 0 bridgehead atoms. The van der Waals surface area contributed by atoms with Crippen LogP contribution in [0.4, 0.5) is 0 Å². The first kappa shape index (κ1) is 16.2. The first-order valence-corrected chi connectivity index (χ1v) is 6.05. The lowest BCUT2D eigenvalue weighted by Crippen LogP contribution is -1.91. The minimum Gasteiger partial charge on any atom is -0.481 e. The number of pyridine rings is 1. The van der Waals surface area contributed by atoms with Crippen molar-refractivity contribution >= 4 is 0 Å². The molecule has 4 nitrogen and oxygen atoms in total. The van der Waals surface area contributed by atoms with Crippen LogP contribution in [0.1, 0.15) is 25.1 Å². The number of methoxy groups -OCH3 is 1. The van der Waals surface area contributed by atoms with Crippen molar-refractivity contribution in [3.8, 4) is 5.88 Å². The van der Waals surface area contributed by atoms with Crippen LogP contribution in [0.2, 0.25) is 0 Å². The number of aromatic nitrogens is 3. The van der Waals surface area contributed by atoms with Crippen LogP contribution in [0.15, 0.2) is 30.6 Å². The molecule has 0 fully saturated rings. The summed E-state index contributed by atoms with van der Waals surface area (Å²) in [6.07, 6.45) is 3.64. The molecule has 0 aliphatic rings. The highest BCUT2D eigenvalue weighted by Crippen LogP contribution is 2.12. The number of hydrogen-bond donors (Lipinski definition) is 0. The van der Waals surface area contributed by atoms with Gasteiger partial charge in [0.15, 0.2) is 0 Å². The maximum Gasteiger partial charge on any atom is 0.216 e. The third kappa shape index (κ3) is 6.03. The Morgan fingerprint density at radius 1 is 1.17 bits per heavy atom. The summed E-state index contributed by atoms with van der Waals surface area (Å²) < 4.78 is 6.76. The van der Waals surface area contributed by atoms with Gasteiger partial charge in [-0.1, -0.05) is 19.9 Å². The van der Waals surface area contributed by atoms with Gasteiger partial charge >= 0.3 is 0 Å². The Labute approximate surface area is 110 Å². The average molecular weight is 249 g/mol. The molecule has 0 atom stereocenters. The molecule has 0 aliphatic heterocycles. The van der Waals surface area contributed by atoms with Gasteiger partial charge in [-0.25, -0.2) is 4.98 Å². The van der Waals surface area contributed by atoms with Gasteiger partial charge in [0.1, 0.15) is 0 Å². The van der Waals surface area contributed by atoms with E-state index in [-0.39, 0.29) is 0 Å². The second-order valence-corrected chi connectivity index (χ2v) is 3.46. The van der Waals surface area contributed by atoms with Gasteiger partial charge in [-0.15, -0.1) is 0 Å². The molecule has 0 N–H and O–H groups in total. The molecule has 4 heteroatoms. The third-order valence-corrected chi connectivity index (χ3v) is 2.02. The lowest BCUT2D eigenvalue weighted by Gasteiger charge is -2.02. The van der Waals surface area contributed by atoms with Gasteiger partial charge in [-0.2, -0.15) is 5.10 Å². The highest BCUT2D eigenvalue weighted by Gasteiger charge is 1.96. The fourth-order valence-corrected chi connectivity index (χ4v) is 1.15. The van der Waals surface area contributed by atoms with Crippen molar-refractivity contribution < 1.29 is 4.74 Å². The Morgan fingerprint density at radius 2 is 1.83 bits per heavy atom. The third-order valence-electron chi connectivity index (χ3n) is 2.02. The fourth-order valence-electron chi connectivity index (χ4n) is 1.15. The van der Waals surface area contributed by atoms with E-state index in [2.05, 4.69) is 10.1 Å². The molecular weight excluding hydrogens is 226 g/mol. The monoisotopic (exact) mass is 249 g/mol. The summed E-state index contributed by atoms with van der Waals surface area (Å²) in [4.78, 5) is 4.17. The largest absolute Gasteiger partial charge is 0.481 e. The molecule has 0 saturated heterocycles. The number of nitrogens with zero attached hydrogens (tertiary/aromatic N) is 3. The van der Waals surface area contributed by atoms with Crippen LogP contribution >= 0.6 is 0 Å². The number of rotatable bonds is 1. The molecule has 0 unspecified atom stereocenters. The van der Waals surface area contributed by atoms with Crippen molar-refractivity contribution in [2.24, 2.45) is 7.05 Å². The van der Waals surface area contributed by atoms with Crippen LogP contribution in [0, 0.1) is 13.8 Å². The second kappa shape index (κ2) is 9.22. The van der Waals surface area contributed by atoms with Gasteiger partial charge < -0.3 is 4.74 Å². The summed E-state index contributed by atoms with van der Waals surface area (Å²) in [5.74, 6) is 0.722. The highest BCUT2D eigenvalue weighted by atomic mass is 16.5. The quantitative estimate of drug-likeness (QED) is 0.779. The molecule has 18 heavy (non-hydrogen) atoms. The standard InChI is InChI=1S/C8H11NO.C4H6N2.C2H6/c1-6-4-5-7(2)9-8(6)10-3;1-6-4-2-3-5-6;1-2/h4-5H,1-3H3;2-4H,1H3;1-2H3. The summed E-state index contributed by atoms with van der Waals surface area (Å²) in [7, 11) is 3.52. The molecule has 0 aliphatic carbocycles. The van der Waals surface area contributed by atoms with Crippen LogP contribution in [-0.2, 0) is 7.05 Å². The molecule has 2 rings (SSSR count). The van der Waals surface area contributed by atoms with Crippen LogP contribution in [-0.4, -0.2) is 21.9 Å². The molecule has 0 spiro atoms. The van der Waals surface area contributed by atoms with Gasteiger partial charge in [-0.05, 0) is 26.0 Å². The second-order valence-electron chi connectivity index (χ2n) is 3.46. The van der Waals surface area contributed by atoms with Crippen molar-refractivity contribution in [3.63, 3.8) is 0 Å². The zero-order valence-electron chi connectivity index (χ0n) is 12.1. The predicted octanol–water partition coefficient (Wildman–Crippen LogP) is 3.15. The number of hydrogen-bond acceptors (Lipinski definition) is 3. The van der Waals surface area contributed by atoms with E-state index in [1.807, 2.05) is 59.1 Å². The normalized spacial score (nSPS) is 8.56. The van der Waals surface area contributed by atoms with Crippen LogP contribution in [0.3, 0.4) is 0 Å². The number of ether oxygens (including phenoxy) is 1. The molecule has 100 valence electrons. The van der Waals surface area contributed by atoms with E-state index in [4.69, 9.17) is 4.74 Å². The van der Waals surface area contributed by atoms with Gasteiger partial charge in [0.25, 0.3) is 0 Å². The Balaban J connectivity index is 0.000000308. The molecule has 0 saturated carbocycles. The lowest BCUT2D eigenvalue weighted by atomic mass is 10.3. The highest BCUT2D eigenvalue weighted by molar-refractivity contribution is 5.25. The molecule has 0 amide bonds. The van der Waals surface area contributed by atoms with Crippen molar-refractivity contribution in [1.29, 1.82) is 0 Å². The summed E-state index contributed by atoms with van der Waals surface area (Å²) in [5.41, 5.74) is 2.07. The first-order valence-electron chi connectivity index (χ1n) is 6.05. The number of aryl methyl sites for hydroxylation is 3. The van der Waals surface area contributed by atoms with Crippen LogP contribution < -0.4 is 4.74 Å². The van der Waals surface area contributed by atoms with Crippen molar-refractivity contribution in [2.75, 3.05) is 7.11 Å². The Bertz CT molecular complexity index is 425. The van der Waals surface area contributed by atoms with Crippen molar-refractivity contribution in [3.05, 3.63) is 41.9 Å². The van der Waals surface area contributed by atoms with E-state index < -0.39 is 0 Å². The van der Waals surface area contributed by atoms with Gasteiger partial charge in [0.2, 0.25) is 5.88 Å². The first-order chi connectivity index (χ1) is 8.63. The van der Waals surface area contributed by atoms with E-state index in [1.54, 1.807) is 18.0 Å². The zero-order chi connectivity index (χ0) is 14.0. The van der Waals surface area contributed by atoms with E-state index in [9.17, 15) is 0 Å². The predicted molar refractivity (Wildman–Crippen MR) is 74.8 cm³/mol. The van der Waals surface area contributed by atoms with Gasteiger partial charge in [0, 0.05) is 30.7 Å². The summed E-state index contributed by atoms with van der Waals surface area (Å²) >= 11 is 0. The van der Waals surface area contributed by atoms with Crippen molar-refractivity contribution in [1.82, 2.24) is 14.8 Å². The van der Waals surface area contributed by atoms with Crippen LogP contribution in [0.5, 0.6) is 5.88 Å². The van der Waals surface area contributed by atoms with Crippen molar-refractivity contribution in [2.45, 2.75) is 27.7 Å². The van der Waals surface area contributed by atoms with E-state index in [0.717, 1.165) is 17.1 Å². The molecule has 2 aromatic rings. The smallest absolute Gasteiger partial charge is 0.216 e. The zero-order valence-corrected chi connectivity index (χ0v) is 12.1. The minimum atomic E-state index is 0.722. The lowest BCUT2D eigenvalue weighted by molar-refractivity contribution is 0.393. The summed E-state index contributed by atoms with van der Waals surface area (Å²) in [5, 5.41) is 3.83. The SMILES string of the molecule is CC.COc1nc(C)ccc1C.Cn1cccn1. The molecule has 2 heterocycles.